The highest BCUT2D eigenvalue weighted by Crippen LogP contribution is 2.17. The highest BCUT2D eigenvalue weighted by Gasteiger charge is 2.22. The van der Waals surface area contributed by atoms with Gasteiger partial charge in [-0.2, -0.15) is 0 Å². The second kappa shape index (κ2) is 8.68. The number of nitrogens with zero attached hydrogens (tertiary/aromatic N) is 1. The number of carbonyl (C=O) groups is 2. The van der Waals surface area contributed by atoms with Crippen LogP contribution in [0.1, 0.15) is 31.1 Å². The summed E-state index contributed by atoms with van der Waals surface area (Å²) in [6, 6.07) is 8.36. The molecule has 1 aromatic heterocycles. The first-order valence-corrected chi connectivity index (χ1v) is 10.1. The molecule has 1 heterocycles. The third kappa shape index (κ3) is 6.29. The van der Waals surface area contributed by atoms with E-state index in [0.717, 1.165) is 0 Å². The summed E-state index contributed by atoms with van der Waals surface area (Å²) < 4.78 is 31.9. The number of nitrogens with one attached hydrogen (secondary N) is 2. The zero-order chi connectivity index (χ0) is 20.9. The summed E-state index contributed by atoms with van der Waals surface area (Å²) in [6.07, 6.45) is 1.47. The Balaban J connectivity index is 1.96. The Hall–Kier alpha value is -2.49. The molecule has 0 saturated carbocycles. The summed E-state index contributed by atoms with van der Waals surface area (Å²) in [7, 11) is -3.71. The van der Waals surface area contributed by atoms with Gasteiger partial charge in [-0.15, -0.1) is 0 Å². The lowest BCUT2D eigenvalue weighted by molar-refractivity contribution is -0.119. The summed E-state index contributed by atoms with van der Waals surface area (Å²) in [4.78, 5) is 27.7. The van der Waals surface area contributed by atoms with Crippen LogP contribution < -0.4 is 10.0 Å². The van der Waals surface area contributed by atoms with E-state index in [1.54, 1.807) is 32.9 Å². The number of esters is 1. The molecule has 0 bridgehead atoms. The van der Waals surface area contributed by atoms with Gasteiger partial charge in [-0.1, -0.05) is 11.6 Å². The number of halogens is 1. The van der Waals surface area contributed by atoms with Crippen LogP contribution in [0, 0.1) is 0 Å². The number of pyridine rings is 1. The fraction of sp³-hybridized carbons (Fsp3) is 0.278. The van der Waals surface area contributed by atoms with Gasteiger partial charge >= 0.3 is 5.97 Å². The van der Waals surface area contributed by atoms with Crippen molar-refractivity contribution in [1.29, 1.82) is 0 Å². The van der Waals surface area contributed by atoms with Crippen molar-refractivity contribution >= 4 is 39.2 Å². The quantitative estimate of drug-likeness (QED) is 0.543. The fourth-order valence-corrected chi connectivity index (χ4v) is 3.70. The molecular weight excluding hydrogens is 406 g/mol. The normalized spacial score (nSPS) is 11.7. The van der Waals surface area contributed by atoms with Gasteiger partial charge in [0.25, 0.3) is 5.91 Å². The Morgan fingerprint density at radius 1 is 1.14 bits per heavy atom. The van der Waals surface area contributed by atoms with E-state index in [1.807, 2.05) is 0 Å². The summed E-state index contributed by atoms with van der Waals surface area (Å²) in [6.45, 7) is 4.63. The molecule has 1 aromatic carbocycles. The van der Waals surface area contributed by atoms with Crippen molar-refractivity contribution in [2.24, 2.45) is 0 Å². The molecule has 0 aliphatic heterocycles. The summed E-state index contributed by atoms with van der Waals surface area (Å²) in [5.41, 5.74) is -0.228. The summed E-state index contributed by atoms with van der Waals surface area (Å²) in [5, 5.41) is 2.58. The van der Waals surface area contributed by atoms with Crippen molar-refractivity contribution in [3.05, 3.63) is 53.3 Å². The van der Waals surface area contributed by atoms with Crippen LogP contribution in [0.15, 0.2) is 47.5 Å². The van der Waals surface area contributed by atoms with Gasteiger partial charge in [-0.05, 0) is 57.2 Å². The molecule has 0 aliphatic carbocycles. The molecule has 0 aliphatic rings. The Kier molecular flexibility index (Phi) is 6.76. The monoisotopic (exact) mass is 425 g/mol. The molecule has 10 heteroatoms. The molecule has 0 atom stereocenters. The molecule has 2 N–H and O–H groups in total. The summed E-state index contributed by atoms with van der Waals surface area (Å²) >= 11 is 5.83. The Labute approximate surface area is 168 Å². The fourth-order valence-electron chi connectivity index (χ4n) is 2.11. The van der Waals surface area contributed by atoms with Gasteiger partial charge in [0.1, 0.15) is 0 Å². The lowest BCUT2D eigenvalue weighted by Gasteiger charge is -2.20. The smallest absolute Gasteiger partial charge is 0.338 e. The minimum Gasteiger partial charge on any atom is -0.452 e. The van der Waals surface area contributed by atoms with Gasteiger partial charge in [0.15, 0.2) is 11.8 Å². The van der Waals surface area contributed by atoms with Gasteiger partial charge < -0.3 is 10.1 Å². The number of benzene rings is 1. The standard InChI is InChI=1S/C18H20ClN3O5S/c1-18(2,3)22-28(25,26)13-8-6-12(7-9-13)17(24)27-11-15(23)21-14-5-4-10-20-16(14)19/h4-10,22H,11H2,1-3H3,(H,21,23). The van der Waals surface area contributed by atoms with Crippen molar-refractivity contribution in [2.75, 3.05) is 11.9 Å². The van der Waals surface area contributed by atoms with E-state index in [2.05, 4.69) is 15.0 Å². The molecule has 0 unspecified atom stereocenters. The predicted molar refractivity (Wildman–Crippen MR) is 105 cm³/mol. The average Bonchev–Trinajstić information content (AvgIpc) is 2.60. The SMILES string of the molecule is CC(C)(C)NS(=O)(=O)c1ccc(C(=O)OCC(=O)Nc2cccnc2Cl)cc1. The Morgan fingerprint density at radius 3 is 2.36 bits per heavy atom. The molecule has 0 spiro atoms. The molecule has 28 heavy (non-hydrogen) atoms. The maximum Gasteiger partial charge on any atom is 0.338 e. The lowest BCUT2D eigenvalue weighted by Crippen LogP contribution is -2.40. The van der Waals surface area contributed by atoms with E-state index in [1.165, 1.54) is 30.5 Å². The number of sulfonamides is 1. The molecule has 2 rings (SSSR count). The van der Waals surface area contributed by atoms with Crippen LogP contribution in [0.4, 0.5) is 5.69 Å². The highest BCUT2D eigenvalue weighted by molar-refractivity contribution is 7.89. The minimum absolute atomic E-state index is 0.0166. The number of aromatic nitrogens is 1. The van der Waals surface area contributed by atoms with E-state index in [9.17, 15) is 18.0 Å². The molecular formula is C18H20ClN3O5S. The number of rotatable bonds is 6. The first kappa shape index (κ1) is 21.8. The van der Waals surface area contributed by atoms with Crippen LogP contribution >= 0.6 is 11.6 Å². The molecule has 2 aromatic rings. The maximum atomic E-state index is 12.2. The predicted octanol–water partition coefficient (Wildman–Crippen LogP) is 2.61. The van der Waals surface area contributed by atoms with E-state index in [4.69, 9.17) is 16.3 Å². The third-order valence-corrected chi connectivity index (χ3v) is 5.28. The maximum absolute atomic E-state index is 12.2. The van der Waals surface area contributed by atoms with Gasteiger partial charge in [-0.25, -0.2) is 22.9 Å². The number of amides is 1. The number of hydrogen-bond acceptors (Lipinski definition) is 6. The van der Waals surface area contributed by atoms with Gasteiger partial charge in [0, 0.05) is 11.7 Å². The minimum atomic E-state index is -3.71. The second-order valence-electron chi connectivity index (χ2n) is 6.85. The number of ether oxygens (including phenoxy) is 1. The molecule has 8 nitrogen and oxygen atoms in total. The van der Waals surface area contributed by atoms with Crippen molar-refractivity contribution < 1.29 is 22.7 Å². The number of hydrogen-bond donors (Lipinski definition) is 2. The molecule has 1 amide bonds. The van der Waals surface area contributed by atoms with Crippen molar-refractivity contribution in [3.63, 3.8) is 0 Å². The second-order valence-corrected chi connectivity index (χ2v) is 8.89. The van der Waals surface area contributed by atoms with E-state index < -0.39 is 34.0 Å². The Morgan fingerprint density at radius 2 is 1.79 bits per heavy atom. The van der Waals surface area contributed by atoms with Crippen LogP contribution in [-0.2, 0) is 19.6 Å². The van der Waals surface area contributed by atoms with E-state index >= 15 is 0 Å². The van der Waals surface area contributed by atoms with Crippen LogP contribution in [0.3, 0.4) is 0 Å². The summed E-state index contributed by atoms with van der Waals surface area (Å²) in [5.74, 6) is -1.35. The van der Waals surface area contributed by atoms with E-state index in [0.29, 0.717) is 5.69 Å². The van der Waals surface area contributed by atoms with Gasteiger partial charge in [0.2, 0.25) is 10.0 Å². The Bertz CT molecular complexity index is 969. The molecule has 0 fully saturated rings. The van der Waals surface area contributed by atoms with Crippen LogP contribution in [0.5, 0.6) is 0 Å². The number of carbonyl (C=O) groups excluding carboxylic acids is 2. The molecule has 0 radical (unpaired) electrons. The van der Waals surface area contributed by atoms with Crippen molar-refractivity contribution in [1.82, 2.24) is 9.71 Å². The van der Waals surface area contributed by atoms with Crippen molar-refractivity contribution in [2.45, 2.75) is 31.2 Å². The first-order chi connectivity index (χ1) is 13.0. The van der Waals surface area contributed by atoms with Gasteiger partial charge in [0.05, 0.1) is 16.1 Å². The molecule has 150 valence electrons. The van der Waals surface area contributed by atoms with E-state index in [-0.39, 0.29) is 15.6 Å². The molecule has 0 saturated heterocycles. The zero-order valence-corrected chi connectivity index (χ0v) is 17.1. The topological polar surface area (TPSA) is 114 Å². The highest BCUT2D eigenvalue weighted by atomic mass is 35.5. The zero-order valence-electron chi connectivity index (χ0n) is 15.5. The van der Waals surface area contributed by atoms with Crippen molar-refractivity contribution in [3.8, 4) is 0 Å². The van der Waals surface area contributed by atoms with Crippen LogP contribution in [0.25, 0.3) is 0 Å². The largest absolute Gasteiger partial charge is 0.452 e. The lowest BCUT2D eigenvalue weighted by atomic mass is 10.1. The van der Waals surface area contributed by atoms with Crippen LogP contribution in [0.2, 0.25) is 5.15 Å². The van der Waals surface area contributed by atoms with Gasteiger partial charge in [-0.3, -0.25) is 4.79 Å². The average molecular weight is 426 g/mol. The first-order valence-electron chi connectivity index (χ1n) is 8.19. The third-order valence-electron chi connectivity index (χ3n) is 3.21. The number of anilines is 1. The van der Waals surface area contributed by atoms with Crippen LogP contribution in [-0.4, -0.2) is 37.4 Å².